The zero-order valence-corrected chi connectivity index (χ0v) is 19.0. The maximum atomic E-state index is 13.2. The number of nitrogens with one attached hydrogen (secondary N) is 1. The lowest BCUT2D eigenvalue weighted by Gasteiger charge is -2.12. The summed E-state index contributed by atoms with van der Waals surface area (Å²) in [5, 5.41) is 0.618. The van der Waals surface area contributed by atoms with Crippen LogP contribution in [0.5, 0.6) is 0 Å². The summed E-state index contributed by atoms with van der Waals surface area (Å²) >= 11 is 0. The summed E-state index contributed by atoms with van der Waals surface area (Å²) in [6, 6.07) is 18.3. The molecule has 0 bridgehead atoms. The molecular formula is C22H20N4O5S2. The third-order valence-electron chi connectivity index (χ3n) is 4.91. The molecule has 1 amide bonds. The van der Waals surface area contributed by atoms with Gasteiger partial charge in [0.05, 0.1) is 27.3 Å². The Labute approximate surface area is 190 Å². The minimum absolute atomic E-state index is 0.00622. The molecular weight excluding hydrogens is 464 g/mol. The first-order valence-electron chi connectivity index (χ1n) is 9.60. The summed E-state index contributed by atoms with van der Waals surface area (Å²) in [6.07, 6.45) is 1.02. The molecule has 0 saturated carbocycles. The van der Waals surface area contributed by atoms with Crippen LogP contribution in [-0.2, 0) is 19.9 Å². The summed E-state index contributed by atoms with van der Waals surface area (Å²) in [4.78, 5) is 12.2. The maximum Gasteiger partial charge on any atom is 0.265 e. The number of hydrogen-bond donors (Lipinski definition) is 3. The molecule has 0 spiro atoms. The second-order valence-electron chi connectivity index (χ2n) is 7.45. The molecule has 1 heterocycles. The van der Waals surface area contributed by atoms with Crippen LogP contribution in [0.4, 0.5) is 11.4 Å². The van der Waals surface area contributed by atoms with Gasteiger partial charge in [-0.1, -0.05) is 18.2 Å². The van der Waals surface area contributed by atoms with Gasteiger partial charge in [-0.3, -0.25) is 9.52 Å². The number of hydrogen-bond acceptors (Lipinski definition) is 6. The minimum Gasteiger partial charge on any atom is -0.399 e. The van der Waals surface area contributed by atoms with Crippen molar-refractivity contribution in [1.82, 2.24) is 4.57 Å². The van der Waals surface area contributed by atoms with Gasteiger partial charge >= 0.3 is 0 Å². The van der Waals surface area contributed by atoms with Gasteiger partial charge in [-0.15, -0.1) is 0 Å². The van der Waals surface area contributed by atoms with E-state index in [-0.39, 0.29) is 21.2 Å². The van der Waals surface area contributed by atoms with Crippen LogP contribution < -0.4 is 16.2 Å². The molecule has 3 aromatic carbocycles. The molecule has 5 N–H and O–H groups in total. The van der Waals surface area contributed by atoms with Crippen LogP contribution in [0, 0.1) is 0 Å². The number of benzene rings is 3. The van der Waals surface area contributed by atoms with E-state index in [4.69, 9.17) is 11.5 Å². The molecule has 1 aromatic heterocycles. The van der Waals surface area contributed by atoms with Crippen molar-refractivity contribution in [2.45, 2.75) is 9.79 Å². The van der Waals surface area contributed by atoms with Gasteiger partial charge in [0.2, 0.25) is 19.9 Å². The van der Waals surface area contributed by atoms with Crippen molar-refractivity contribution in [3.8, 4) is 5.69 Å². The lowest BCUT2D eigenvalue weighted by molar-refractivity contribution is 0.0994. The molecule has 0 atom stereocenters. The molecule has 33 heavy (non-hydrogen) atoms. The number of sulfone groups is 1. The SMILES string of the molecule is CS(=O)(=O)Nc1ccc2cc(C(N)=O)n(-c3cccc(S(=O)(=O)c4cccc(N)c4)c3)c2c1. The minimum atomic E-state index is -3.89. The number of amides is 1. The van der Waals surface area contributed by atoms with E-state index in [1.165, 1.54) is 28.8 Å². The Hall–Kier alpha value is -3.83. The van der Waals surface area contributed by atoms with Crippen molar-refractivity contribution in [1.29, 1.82) is 0 Å². The molecule has 9 nitrogen and oxygen atoms in total. The lowest BCUT2D eigenvalue weighted by atomic mass is 10.2. The molecule has 4 aromatic rings. The van der Waals surface area contributed by atoms with Crippen LogP contribution >= 0.6 is 0 Å². The van der Waals surface area contributed by atoms with E-state index in [9.17, 15) is 21.6 Å². The largest absolute Gasteiger partial charge is 0.399 e. The number of rotatable bonds is 6. The number of sulfonamides is 1. The van der Waals surface area contributed by atoms with Crippen molar-refractivity contribution in [2.75, 3.05) is 16.7 Å². The summed E-state index contributed by atoms with van der Waals surface area (Å²) in [7, 11) is -7.43. The number of nitrogens with zero attached hydrogens (tertiary/aromatic N) is 1. The van der Waals surface area contributed by atoms with Gasteiger partial charge in [-0.25, -0.2) is 16.8 Å². The number of nitrogen functional groups attached to an aromatic ring is 1. The Balaban J connectivity index is 1.92. The van der Waals surface area contributed by atoms with E-state index in [1.54, 1.807) is 48.5 Å². The fraction of sp³-hybridized carbons (Fsp3) is 0.0455. The molecule has 0 fully saturated rings. The summed E-state index contributed by atoms with van der Waals surface area (Å²) in [5.41, 5.74) is 12.9. The maximum absolute atomic E-state index is 13.2. The fourth-order valence-electron chi connectivity index (χ4n) is 3.55. The van der Waals surface area contributed by atoms with Crippen molar-refractivity contribution in [3.05, 3.63) is 78.5 Å². The molecule has 0 unspecified atom stereocenters. The van der Waals surface area contributed by atoms with Gasteiger partial charge in [-0.2, -0.15) is 0 Å². The zero-order valence-electron chi connectivity index (χ0n) is 17.4. The van der Waals surface area contributed by atoms with Crippen molar-refractivity contribution in [2.24, 2.45) is 5.73 Å². The zero-order chi connectivity index (χ0) is 24.0. The summed E-state index contributed by atoms with van der Waals surface area (Å²) in [5.74, 6) is -0.729. The van der Waals surface area contributed by atoms with Crippen molar-refractivity contribution < 1.29 is 21.6 Å². The second-order valence-corrected chi connectivity index (χ2v) is 11.1. The topological polar surface area (TPSA) is 154 Å². The third-order valence-corrected chi connectivity index (χ3v) is 7.27. The average molecular weight is 485 g/mol. The Morgan fingerprint density at radius 1 is 0.879 bits per heavy atom. The fourth-order valence-corrected chi connectivity index (χ4v) is 5.46. The van der Waals surface area contributed by atoms with Crippen LogP contribution in [0.25, 0.3) is 16.6 Å². The first-order valence-corrected chi connectivity index (χ1v) is 13.0. The highest BCUT2D eigenvalue weighted by Crippen LogP contribution is 2.30. The normalized spacial score (nSPS) is 12.0. The van der Waals surface area contributed by atoms with Crippen molar-refractivity contribution in [3.63, 3.8) is 0 Å². The number of carbonyl (C=O) groups is 1. The van der Waals surface area contributed by atoms with Gasteiger partial charge in [-0.05, 0) is 54.6 Å². The van der Waals surface area contributed by atoms with Crippen LogP contribution in [0.15, 0.2) is 82.6 Å². The molecule has 0 aliphatic carbocycles. The summed E-state index contributed by atoms with van der Waals surface area (Å²) in [6.45, 7) is 0. The highest BCUT2D eigenvalue weighted by molar-refractivity contribution is 7.92. The monoisotopic (exact) mass is 484 g/mol. The summed E-state index contributed by atoms with van der Waals surface area (Å²) < 4.78 is 53.5. The van der Waals surface area contributed by atoms with Gasteiger partial charge < -0.3 is 16.0 Å². The van der Waals surface area contributed by atoms with Crippen molar-refractivity contribution >= 4 is 48.0 Å². The van der Waals surface area contributed by atoms with Crippen LogP contribution in [-0.4, -0.2) is 33.6 Å². The van der Waals surface area contributed by atoms with Crippen LogP contribution in [0.3, 0.4) is 0 Å². The number of anilines is 2. The Bertz CT molecular complexity index is 1620. The predicted octanol–water partition coefficient (Wildman–Crippen LogP) is 2.52. The van der Waals surface area contributed by atoms with E-state index in [0.717, 1.165) is 6.26 Å². The number of fused-ring (bicyclic) bond motifs is 1. The molecule has 0 saturated heterocycles. The number of aromatic nitrogens is 1. The first-order chi connectivity index (χ1) is 15.5. The van der Waals surface area contributed by atoms with Gasteiger partial charge in [0.25, 0.3) is 5.91 Å². The van der Waals surface area contributed by atoms with E-state index >= 15 is 0 Å². The Morgan fingerprint density at radius 3 is 2.18 bits per heavy atom. The predicted molar refractivity (Wildman–Crippen MR) is 127 cm³/mol. The number of carbonyl (C=O) groups excluding carboxylic acids is 1. The molecule has 0 radical (unpaired) electrons. The van der Waals surface area contributed by atoms with Gasteiger partial charge in [0, 0.05) is 16.8 Å². The van der Waals surface area contributed by atoms with Gasteiger partial charge in [0.15, 0.2) is 0 Å². The first kappa shape index (κ1) is 22.4. The number of nitrogens with two attached hydrogens (primary N) is 2. The molecule has 11 heteroatoms. The van der Waals surface area contributed by atoms with Crippen LogP contribution in [0.2, 0.25) is 0 Å². The standard InChI is InChI=1S/C22H20N4O5S2/c1-32(28,29)25-16-9-8-14-10-21(22(24)27)26(20(14)12-16)17-5-3-7-19(13-17)33(30,31)18-6-2-4-15(23)11-18/h2-13,25H,23H2,1H3,(H2,24,27). The molecule has 4 rings (SSSR count). The Morgan fingerprint density at radius 2 is 1.55 bits per heavy atom. The smallest absolute Gasteiger partial charge is 0.265 e. The lowest BCUT2D eigenvalue weighted by Crippen LogP contribution is -2.16. The molecule has 0 aliphatic rings. The second kappa shape index (κ2) is 7.94. The van der Waals surface area contributed by atoms with E-state index in [2.05, 4.69) is 4.72 Å². The van der Waals surface area contributed by atoms with E-state index < -0.39 is 25.8 Å². The quantitative estimate of drug-likeness (QED) is 0.357. The Kier molecular flexibility index (Phi) is 5.38. The third kappa shape index (κ3) is 4.41. The number of primary amides is 1. The van der Waals surface area contributed by atoms with Gasteiger partial charge in [0.1, 0.15) is 5.69 Å². The van der Waals surface area contributed by atoms with Crippen LogP contribution in [0.1, 0.15) is 10.5 Å². The van der Waals surface area contributed by atoms with E-state index in [0.29, 0.717) is 22.3 Å². The molecule has 0 aliphatic heterocycles. The molecule has 170 valence electrons. The average Bonchev–Trinajstić information content (AvgIpc) is 3.12. The highest BCUT2D eigenvalue weighted by atomic mass is 32.2. The van der Waals surface area contributed by atoms with E-state index in [1.807, 2.05) is 0 Å². The highest BCUT2D eigenvalue weighted by Gasteiger charge is 2.21.